The van der Waals surface area contributed by atoms with Crippen molar-refractivity contribution in [2.45, 2.75) is 50.0 Å². The van der Waals surface area contributed by atoms with Crippen LogP contribution in [0.4, 0.5) is 11.4 Å². The third kappa shape index (κ3) is 7.08. The van der Waals surface area contributed by atoms with E-state index in [1.165, 1.54) is 31.2 Å². The number of hydrogen-bond donors (Lipinski definition) is 3. The van der Waals surface area contributed by atoms with Crippen molar-refractivity contribution in [2.24, 2.45) is 0 Å². The standard InChI is InChI=1S/C22H27N3O5S/c1-16(26)23-18-8-5-9-19(14-18)24-22(27)15-30-20-10-12-21(13-11-20)31(28,29)25-17-6-3-2-4-7-17/h5,8-14,17,25H,2-4,6-7,15H2,1H3,(H,23,26)(H,24,27). The molecule has 1 fully saturated rings. The van der Waals surface area contributed by atoms with E-state index in [2.05, 4.69) is 15.4 Å². The van der Waals surface area contributed by atoms with E-state index in [1.807, 2.05) is 0 Å². The summed E-state index contributed by atoms with van der Waals surface area (Å²) in [5.74, 6) is -0.194. The molecular weight excluding hydrogens is 418 g/mol. The molecule has 3 N–H and O–H groups in total. The van der Waals surface area contributed by atoms with Crippen LogP contribution >= 0.6 is 0 Å². The normalized spacial score (nSPS) is 14.6. The van der Waals surface area contributed by atoms with Crippen molar-refractivity contribution in [3.05, 3.63) is 48.5 Å². The fourth-order valence-corrected chi connectivity index (χ4v) is 4.75. The minimum atomic E-state index is -3.58. The van der Waals surface area contributed by atoms with Gasteiger partial charge in [-0.3, -0.25) is 9.59 Å². The molecule has 0 aliphatic heterocycles. The lowest BCUT2D eigenvalue weighted by Crippen LogP contribution is -2.36. The van der Waals surface area contributed by atoms with Crippen molar-refractivity contribution in [3.63, 3.8) is 0 Å². The number of amides is 2. The van der Waals surface area contributed by atoms with Crippen molar-refractivity contribution in [1.29, 1.82) is 0 Å². The van der Waals surface area contributed by atoms with Gasteiger partial charge in [0.05, 0.1) is 4.90 Å². The van der Waals surface area contributed by atoms with E-state index in [0.717, 1.165) is 32.1 Å². The van der Waals surface area contributed by atoms with E-state index in [0.29, 0.717) is 17.1 Å². The largest absolute Gasteiger partial charge is 0.484 e. The maximum absolute atomic E-state index is 12.5. The number of carbonyl (C=O) groups is 2. The number of sulfonamides is 1. The molecule has 0 spiro atoms. The van der Waals surface area contributed by atoms with Crippen LogP contribution in [0.2, 0.25) is 0 Å². The fraction of sp³-hybridized carbons (Fsp3) is 0.364. The molecule has 2 aromatic rings. The SMILES string of the molecule is CC(=O)Nc1cccc(NC(=O)COc2ccc(S(=O)(=O)NC3CCCCC3)cc2)c1. The third-order valence-corrected chi connectivity index (χ3v) is 6.43. The molecule has 1 saturated carbocycles. The molecule has 0 aromatic heterocycles. The Bertz CT molecular complexity index is 1020. The van der Waals surface area contributed by atoms with Gasteiger partial charge in [-0.15, -0.1) is 0 Å². The molecule has 31 heavy (non-hydrogen) atoms. The third-order valence-electron chi connectivity index (χ3n) is 4.90. The highest BCUT2D eigenvalue weighted by atomic mass is 32.2. The van der Waals surface area contributed by atoms with Gasteiger partial charge in [0.1, 0.15) is 5.75 Å². The number of nitrogens with one attached hydrogen (secondary N) is 3. The fourth-order valence-electron chi connectivity index (χ4n) is 3.45. The van der Waals surface area contributed by atoms with Crippen LogP contribution in [-0.4, -0.2) is 32.9 Å². The van der Waals surface area contributed by atoms with Gasteiger partial charge in [0, 0.05) is 24.3 Å². The Labute approximate surface area is 182 Å². The minimum absolute atomic E-state index is 0.0116. The van der Waals surface area contributed by atoms with Gasteiger partial charge in [0.25, 0.3) is 5.91 Å². The number of hydrogen-bond acceptors (Lipinski definition) is 5. The van der Waals surface area contributed by atoms with Crippen LogP contribution in [0.1, 0.15) is 39.0 Å². The summed E-state index contributed by atoms with van der Waals surface area (Å²) < 4.78 is 33.3. The first kappa shape index (κ1) is 22.8. The first-order valence-electron chi connectivity index (χ1n) is 10.2. The van der Waals surface area contributed by atoms with E-state index < -0.39 is 10.0 Å². The minimum Gasteiger partial charge on any atom is -0.484 e. The zero-order valence-electron chi connectivity index (χ0n) is 17.4. The summed E-state index contributed by atoms with van der Waals surface area (Å²) in [7, 11) is -3.58. The highest BCUT2D eigenvalue weighted by Crippen LogP contribution is 2.21. The number of rotatable bonds is 8. The Hall–Kier alpha value is -2.91. The van der Waals surface area contributed by atoms with Crippen molar-refractivity contribution in [1.82, 2.24) is 4.72 Å². The van der Waals surface area contributed by atoms with Crippen molar-refractivity contribution >= 4 is 33.2 Å². The number of carbonyl (C=O) groups excluding carboxylic acids is 2. The van der Waals surface area contributed by atoms with Gasteiger partial charge in [0.2, 0.25) is 15.9 Å². The summed E-state index contributed by atoms with van der Waals surface area (Å²) in [4.78, 5) is 23.4. The van der Waals surface area contributed by atoms with Crippen molar-refractivity contribution in [2.75, 3.05) is 17.2 Å². The lowest BCUT2D eigenvalue weighted by Gasteiger charge is -2.22. The summed E-state index contributed by atoms with van der Waals surface area (Å²) in [6.07, 6.45) is 4.96. The summed E-state index contributed by atoms with van der Waals surface area (Å²) in [6, 6.07) is 12.7. The summed E-state index contributed by atoms with van der Waals surface area (Å²) >= 11 is 0. The van der Waals surface area contributed by atoms with Crippen LogP contribution in [0, 0.1) is 0 Å². The van der Waals surface area contributed by atoms with Crippen LogP contribution in [0.5, 0.6) is 5.75 Å². The molecule has 1 aliphatic rings. The molecule has 9 heteroatoms. The summed E-state index contributed by atoms with van der Waals surface area (Å²) in [5, 5.41) is 5.33. The molecule has 0 radical (unpaired) electrons. The van der Waals surface area contributed by atoms with E-state index in [-0.39, 0.29) is 29.4 Å². The lowest BCUT2D eigenvalue weighted by atomic mass is 9.96. The molecule has 0 saturated heterocycles. The quantitative estimate of drug-likeness (QED) is 0.577. The second-order valence-corrected chi connectivity index (χ2v) is 9.24. The zero-order valence-corrected chi connectivity index (χ0v) is 18.2. The maximum Gasteiger partial charge on any atom is 0.262 e. The Balaban J connectivity index is 1.51. The Morgan fingerprint density at radius 1 is 0.968 bits per heavy atom. The van der Waals surface area contributed by atoms with Crippen LogP contribution < -0.4 is 20.1 Å². The Morgan fingerprint density at radius 2 is 1.61 bits per heavy atom. The molecule has 1 aliphatic carbocycles. The van der Waals surface area contributed by atoms with Crippen LogP contribution in [0.25, 0.3) is 0 Å². The molecule has 8 nitrogen and oxygen atoms in total. The van der Waals surface area contributed by atoms with Gasteiger partial charge in [-0.1, -0.05) is 25.3 Å². The second-order valence-electron chi connectivity index (χ2n) is 7.53. The first-order valence-corrected chi connectivity index (χ1v) is 11.7. The maximum atomic E-state index is 12.5. The smallest absolute Gasteiger partial charge is 0.262 e. The molecule has 0 bridgehead atoms. The average molecular weight is 446 g/mol. The van der Waals surface area contributed by atoms with Crippen LogP contribution in [0.3, 0.4) is 0 Å². The van der Waals surface area contributed by atoms with E-state index >= 15 is 0 Å². The van der Waals surface area contributed by atoms with Gasteiger partial charge < -0.3 is 15.4 Å². The second kappa shape index (κ2) is 10.4. The Morgan fingerprint density at radius 3 is 2.26 bits per heavy atom. The van der Waals surface area contributed by atoms with Gasteiger partial charge in [-0.25, -0.2) is 13.1 Å². The molecule has 3 rings (SSSR count). The van der Waals surface area contributed by atoms with Gasteiger partial charge in [0.15, 0.2) is 6.61 Å². The first-order chi connectivity index (χ1) is 14.8. The predicted octanol–water partition coefficient (Wildman–Crippen LogP) is 3.27. The molecule has 2 amide bonds. The molecule has 0 atom stereocenters. The van der Waals surface area contributed by atoms with E-state index in [1.54, 1.807) is 24.3 Å². The highest BCUT2D eigenvalue weighted by molar-refractivity contribution is 7.89. The predicted molar refractivity (Wildman–Crippen MR) is 119 cm³/mol. The lowest BCUT2D eigenvalue weighted by molar-refractivity contribution is -0.118. The van der Waals surface area contributed by atoms with Crippen molar-refractivity contribution < 1.29 is 22.7 Å². The van der Waals surface area contributed by atoms with Crippen molar-refractivity contribution in [3.8, 4) is 5.75 Å². The number of ether oxygens (including phenoxy) is 1. The van der Waals surface area contributed by atoms with E-state index in [9.17, 15) is 18.0 Å². The molecule has 166 valence electrons. The van der Waals surface area contributed by atoms with Gasteiger partial charge in [-0.2, -0.15) is 0 Å². The van der Waals surface area contributed by atoms with Crippen LogP contribution in [-0.2, 0) is 19.6 Å². The molecule has 0 heterocycles. The molecule has 2 aromatic carbocycles. The summed E-state index contributed by atoms with van der Waals surface area (Å²) in [5.41, 5.74) is 1.10. The Kier molecular flexibility index (Phi) is 7.64. The monoisotopic (exact) mass is 445 g/mol. The van der Waals surface area contributed by atoms with Crippen LogP contribution in [0.15, 0.2) is 53.4 Å². The van der Waals surface area contributed by atoms with E-state index in [4.69, 9.17) is 4.74 Å². The molecular formula is C22H27N3O5S. The van der Waals surface area contributed by atoms with Gasteiger partial charge in [-0.05, 0) is 55.3 Å². The van der Waals surface area contributed by atoms with Gasteiger partial charge >= 0.3 is 0 Å². The summed E-state index contributed by atoms with van der Waals surface area (Å²) in [6.45, 7) is 1.17. The zero-order chi connectivity index (χ0) is 22.3. The highest BCUT2D eigenvalue weighted by Gasteiger charge is 2.21. The molecule has 0 unspecified atom stereocenters. The topological polar surface area (TPSA) is 114 Å². The average Bonchev–Trinajstić information content (AvgIpc) is 2.73. The number of anilines is 2. The number of benzene rings is 2.